The van der Waals surface area contributed by atoms with Crippen molar-refractivity contribution in [2.24, 2.45) is 0 Å². The lowest BCUT2D eigenvalue weighted by Gasteiger charge is -2.05. The number of nitrogens with zero attached hydrogens (tertiary/aromatic N) is 3. The van der Waals surface area contributed by atoms with Gasteiger partial charge in [-0.2, -0.15) is 0 Å². The van der Waals surface area contributed by atoms with Crippen LogP contribution in [0.2, 0.25) is 5.02 Å². The van der Waals surface area contributed by atoms with Gasteiger partial charge in [0.15, 0.2) is 0 Å². The number of rotatable bonds is 9. The molecule has 3 aromatic heterocycles. The molecule has 0 aliphatic heterocycles. The molecule has 0 saturated heterocycles. The van der Waals surface area contributed by atoms with Gasteiger partial charge in [0.2, 0.25) is 0 Å². The highest BCUT2D eigenvalue weighted by Gasteiger charge is 2.23. The molecule has 2 atom stereocenters. The molecule has 4 rings (SSSR count). The van der Waals surface area contributed by atoms with Gasteiger partial charge in [-0.05, 0) is 49.1 Å². The topological polar surface area (TPSA) is 99.4 Å². The first kappa shape index (κ1) is 24.8. The maximum absolute atomic E-state index is 14.0. The maximum atomic E-state index is 14.0. The second-order valence-corrected chi connectivity index (χ2v) is 10.2. The van der Waals surface area contributed by atoms with E-state index in [0.29, 0.717) is 51.1 Å². The number of hydrogen-bond acceptors (Lipinski definition) is 8. The fourth-order valence-electron chi connectivity index (χ4n) is 3.39. The van der Waals surface area contributed by atoms with E-state index in [1.165, 1.54) is 28.7 Å². The Morgan fingerprint density at radius 1 is 1.12 bits per heavy atom. The summed E-state index contributed by atoms with van der Waals surface area (Å²) in [6, 6.07) is 8.64. The molecule has 0 saturated carbocycles. The summed E-state index contributed by atoms with van der Waals surface area (Å²) in [7, 11) is 0. The number of halogens is 2. The molecule has 0 aliphatic rings. The largest absolute Gasteiger partial charge is 0.393 e. The van der Waals surface area contributed by atoms with Crippen LogP contribution in [0.4, 0.5) is 4.39 Å². The molecule has 0 bridgehead atoms. The predicted molar refractivity (Wildman–Crippen MR) is 132 cm³/mol. The molecule has 10 heteroatoms. The van der Waals surface area contributed by atoms with Crippen LogP contribution in [0.3, 0.4) is 0 Å². The highest BCUT2D eigenvalue weighted by molar-refractivity contribution is 7.16. The second kappa shape index (κ2) is 11.0. The monoisotopic (exact) mass is 519 g/mol. The zero-order valence-electron chi connectivity index (χ0n) is 18.3. The third-order valence-electron chi connectivity index (χ3n) is 5.22. The lowest BCUT2D eigenvalue weighted by atomic mass is 10.0. The van der Waals surface area contributed by atoms with Gasteiger partial charge in [-0.15, -0.1) is 22.7 Å². The lowest BCUT2D eigenvalue weighted by Crippen LogP contribution is -2.05. The van der Waals surface area contributed by atoms with E-state index in [1.807, 2.05) is 17.5 Å². The number of benzene rings is 1. The number of aliphatic hydroxyl groups excluding tert-OH is 3. The highest BCUT2D eigenvalue weighted by Crippen LogP contribution is 2.36. The zero-order valence-corrected chi connectivity index (χ0v) is 20.7. The van der Waals surface area contributed by atoms with Gasteiger partial charge in [0.1, 0.15) is 23.0 Å². The Morgan fingerprint density at radius 2 is 1.94 bits per heavy atom. The first-order chi connectivity index (χ1) is 16.3. The van der Waals surface area contributed by atoms with Crippen molar-refractivity contribution in [3.63, 3.8) is 0 Å². The third-order valence-corrected chi connectivity index (χ3v) is 7.56. The molecule has 2 unspecified atom stereocenters. The highest BCUT2D eigenvalue weighted by atomic mass is 35.5. The van der Waals surface area contributed by atoms with Gasteiger partial charge in [-0.3, -0.25) is 4.98 Å². The molecular formula is C24H23ClFN3O3S2. The van der Waals surface area contributed by atoms with Crippen molar-refractivity contribution in [1.29, 1.82) is 0 Å². The molecule has 3 N–H and O–H groups in total. The number of hydrogen-bond donors (Lipinski definition) is 3. The molecule has 178 valence electrons. The molecule has 6 nitrogen and oxygen atoms in total. The van der Waals surface area contributed by atoms with Crippen LogP contribution in [0, 0.1) is 5.82 Å². The second-order valence-electron chi connectivity index (χ2n) is 7.84. The summed E-state index contributed by atoms with van der Waals surface area (Å²) in [5.41, 5.74) is 3.45. The molecular weight excluding hydrogens is 497 g/mol. The summed E-state index contributed by atoms with van der Waals surface area (Å²) in [6.45, 7) is 1.14. The van der Waals surface area contributed by atoms with Crippen LogP contribution in [0.5, 0.6) is 0 Å². The van der Waals surface area contributed by atoms with Crippen molar-refractivity contribution in [2.75, 3.05) is 6.61 Å². The molecule has 1 aromatic carbocycles. The van der Waals surface area contributed by atoms with Gasteiger partial charge in [-0.1, -0.05) is 23.7 Å². The molecule has 0 amide bonds. The fraction of sp³-hybridized carbons (Fsp3) is 0.292. The van der Waals surface area contributed by atoms with E-state index in [-0.39, 0.29) is 5.82 Å². The maximum Gasteiger partial charge on any atom is 0.127 e. The Morgan fingerprint density at radius 3 is 2.62 bits per heavy atom. The summed E-state index contributed by atoms with van der Waals surface area (Å²) >= 11 is 8.53. The lowest BCUT2D eigenvalue weighted by molar-refractivity contribution is 0.0925. The molecule has 0 spiro atoms. The average Bonchev–Trinajstić information content (AvgIpc) is 3.46. The molecule has 0 radical (unpaired) electrons. The number of aromatic nitrogens is 3. The van der Waals surface area contributed by atoms with Gasteiger partial charge in [-0.25, -0.2) is 14.4 Å². The van der Waals surface area contributed by atoms with E-state index in [2.05, 4.69) is 15.0 Å². The first-order valence-electron chi connectivity index (χ1n) is 10.6. The molecule has 34 heavy (non-hydrogen) atoms. The van der Waals surface area contributed by atoms with Gasteiger partial charge in [0, 0.05) is 28.7 Å². The third kappa shape index (κ3) is 5.86. The van der Waals surface area contributed by atoms with Gasteiger partial charge in [0.05, 0.1) is 27.9 Å². The van der Waals surface area contributed by atoms with Crippen molar-refractivity contribution in [3.05, 3.63) is 85.3 Å². The van der Waals surface area contributed by atoms with Crippen LogP contribution >= 0.6 is 34.3 Å². The summed E-state index contributed by atoms with van der Waals surface area (Å²) in [6.07, 6.45) is 1.65. The van der Waals surface area contributed by atoms with Gasteiger partial charge >= 0.3 is 0 Å². The summed E-state index contributed by atoms with van der Waals surface area (Å²) in [5.74, 6) is -0.298. The molecule has 0 fully saturated rings. The summed E-state index contributed by atoms with van der Waals surface area (Å²) in [5, 5.41) is 32.9. The number of thiazole rings is 2. The SMILES string of the molecule is CC(O)c1nc(C(O)CO)c(-c2csc(Cc3ccc(CCc4ccc(Cl)cc4F)cn3)n2)s1. The zero-order chi connectivity index (χ0) is 24.2. The molecule has 0 aliphatic carbocycles. The Bertz CT molecular complexity index is 1260. The minimum Gasteiger partial charge on any atom is -0.393 e. The molecule has 3 heterocycles. The van der Waals surface area contributed by atoms with Crippen molar-refractivity contribution < 1.29 is 19.7 Å². The van der Waals surface area contributed by atoms with Crippen molar-refractivity contribution >= 4 is 34.3 Å². The molecule has 4 aromatic rings. The van der Waals surface area contributed by atoms with Crippen molar-refractivity contribution in [2.45, 2.75) is 38.4 Å². The summed E-state index contributed by atoms with van der Waals surface area (Å²) < 4.78 is 14.0. The van der Waals surface area contributed by atoms with E-state index in [4.69, 9.17) is 11.6 Å². The first-order valence-corrected chi connectivity index (χ1v) is 12.7. The Hall–Kier alpha value is -2.27. The van der Waals surface area contributed by atoms with E-state index in [0.717, 1.165) is 16.3 Å². The normalized spacial score (nSPS) is 13.2. The van der Waals surface area contributed by atoms with Gasteiger partial charge in [0.25, 0.3) is 0 Å². The number of aliphatic hydroxyl groups is 3. The van der Waals surface area contributed by atoms with E-state index in [9.17, 15) is 19.7 Å². The number of aryl methyl sites for hydroxylation is 2. The quantitative estimate of drug-likeness (QED) is 0.290. The van der Waals surface area contributed by atoms with Crippen molar-refractivity contribution in [1.82, 2.24) is 15.0 Å². The smallest absolute Gasteiger partial charge is 0.127 e. The van der Waals surface area contributed by atoms with E-state index < -0.39 is 18.8 Å². The van der Waals surface area contributed by atoms with Crippen LogP contribution in [-0.4, -0.2) is 36.9 Å². The van der Waals surface area contributed by atoms with E-state index >= 15 is 0 Å². The predicted octanol–water partition coefficient (Wildman–Crippen LogP) is 4.91. The van der Waals surface area contributed by atoms with Crippen LogP contribution in [0.1, 0.15) is 51.7 Å². The van der Waals surface area contributed by atoms with Gasteiger partial charge < -0.3 is 15.3 Å². The standard InChI is InChI=1S/C24H23ClFN3O3S2/c1-13(31)24-29-22(20(32)11-30)23(34-24)19-12-33-21(28-19)9-17-7-3-14(10-27-17)2-4-15-5-6-16(25)8-18(15)26/h3,5-8,10,12-13,20,30-32H,2,4,9,11H2,1H3. The van der Waals surface area contributed by atoms with Crippen LogP contribution in [-0.2, 0) is 19.3 Å². The van der Waals surface area contributed by atoms with Crippen LogP contribution < -0.4 is 0 Å². The Balaban J connectivity index is 1.43. The van der Waals surface area contributed by atoms with Crippen LogP contribution in [0.25, 0.3) is 10.6 Å². The fourth-order valence-corrected chi connectivity index (χ4v) is 5.44. The van der Waals surface area contributed by atoms with Crippen LogP contribution in [0.15, 0.2) is 41.9 Å². The average molecular weight is 520 g/mol. The van der Waals surface area contributed by atoms with Crippen molar-refractivity contribution in [3.8, 4) is 10.6 Å². The number of pyridine rings is 1. The Kier molecular flexibility index (Phi) is 8.02. The summed E-state index contributed by atoms with van der Waals surface area (Å²) in [4.78, 5) is 14.1. The Labute approximate surface area is 209 Å². The minimum absolute atomic E-state index is 0.298. The van der Waals surface area contributed by atoms with E-state index in [1.54, 1.807) is 25.3 Å². The minimum atomic E-state index is -1.14.